The maximum atomic E-state index is 12.9. The molecule has 0 unspecified atom stereocenters. The number of pyridine rings is 1. The Bertz CT molecular complexity index is 1210. The van der Waals surface area contributed by atoms with Gasteiger partial charge < -0.3 is 24.7 Å². The van der Waals surface area contributed by atoms with Gasteiger partial charge in [-0.2, -0.15) is 0 Å². The largest absolute Gasteiger partial charge is 0.486 e. The van der Waals surface area contributed by atoms with Gasteiger partial charge in [-0.05, 0) is 54.7 Å². The van der Waals surface area contributed by atoms with Crippen LogP contribution in [0, 0.1) is 12.8 Å². The van der Waals surface area contributed by atoms with Crippen molar-refractivity contribution >= 4 is 28.2 Å². The smallest absolute Gasteiger partial charge is 0.253 e. The number of thiocarbonyl (C=S) groups is 1. The number of fused-ring (bicyclic) bond motifs is 2. The number of hydrogen-bond donors (Lipinski definition) is 2. The molecule has 0 atom stereocenters. The SMILES string of the molecule is Cc1ccccc1CCN(Cc1cc2cc3c(cc2[nH]c1=O)OCCO3)C(=S)NCC(C)C. The van der Waals surface area contributed by atoms with Gasteiger partial charge >= 0.3 is 0 Å². The zero-order chi connectivity index (χ0) is 23.4. The standard InChI is InChI=1S/C26H31N3O3S/c1-17(2)15-27-26(33)29(9-8-19-7-5-4-6-18(19)3)16-21-12-20-13-23-24(32-11-10-31-23)14-22(20)28-25(21)30/h4-7,12-14,17H,8-11,15-16H2,1-3H3,(H,27,33)(H,28,30). The normalized spacial score (nSPS) is 12.7. The van der Waals surface area contributed by atoms with E-state index in [-0.39, 0.29) is 5.56 Å². The first-order valence-electron chi connectivity index (χ1n) is 11.4. The summed E-state index contributed by atoms with van der Waals surface area (Å²) in [5.74, 6) is 1.84. The summed E-state index contributed by atoms with van der Waals surface area (Å²) in [6.07, 6.45) is 0.848. The number of aryl methyl sites for hydroxylation is 1. The summed E-state index contributed by atoms with van der Waals surface area (Å²) in [6.45, 7) is 9.38. The molecule has 0 amide bonds. The van der Waals surface area contributed by atoms with Gasteiger partial charge in [-0.1, -0.05) is 38.1 Å². The summed E-state index contributed by atoms with van der Waals surface area (Å²) in [6, 6.07) is 14.1. The highest BCUT2D eigenvalue weighted by Crippen LogP contribution is 2.33. The number of benzene rings is 2. The maximum Gasteiger partial charge on any atom is 0.253 e. The van der Waals surface area contributed by atoms with Crippen molar-refractivity contribution in [3.05, 3.63) is 69.5 Å². The van der Waals surface area contributed by atoms with E-state index in [1.165, 1.54) is 11.1 Å². The molecule has 0 bridgehead atoms. The van der Waals surface area contributed by atoms with Crippen molar-refractivity contribution in [1.82, 2.24) is 15.2 Å². The van der Waals surface area contributed by atoms with Crippen LogP contribution in [0.25, 0.3) is 10.9 Å². The van der Waals surface area contributed by atoms with E-state index >= 15 is 0 Å². The second kappa shape index (κ2) is 10.3. The van der Waals surface area contributed by atoms with E-state index < -0.39 is 0 Å². The second-order valence-electron chi connectivity index (χ2n) is 8.88. The Labute approximate surface area is 199 Å². The van der Waals surface area contributed by atoms with Crippen molar-refractivity contribution in [3.8, 4) is 11.5 Å². The molecule has 3 aromatic rings. The van der Waals surface area contributed by atoms with E-state index in [0.29, 0.717) is 54.4 Å². The second-order valence-corrected chi connectivity index (χ2v) is 9.27. The highest BCUT2D eigenvalue weighted by Gasteiger charge is 2.17. The highest BCUT2D eigenvalue weighted by molar-refractivity contribution is 7.80. The molecule has 1 aliphatic heterocycles. The van der Waals surface area contributed by atoms with Gasteiger partial charge in [0, 0.05) is 30.1 Å². The lowest BCUT2D eigenvalue weighted by Gasteiger charge is -2.27. The average molecular weight is 466 g/mol. The molecule has 2 aromatic carbocycles. The van der Waals surface area contributed by atoms with Crippen LogP contribution in [0.1, 0.15) is 30.5 Å². The molecular formula is C26H31N3O3S. The lowest BCUT2D eigenvalue weighted by molar-refractivity contribution is 0.172. The molecule has 2 heterocycles. The Kier molecular flexibility index (Phi) is 7.18. The maximum absolute atomic E-state index is 12.9. The quantitative estimate of drug-likeness (QED) is 0.510. The number of hydrogen-bond acceptors (Lipinski definition) is 4. The van der Waals surface area contributed by atoms with Crippen LogP contribution in [-0.4, -0.2) is 41.3 Å². The zero-order valence-corrected chi connectivity index (χ0v) is 20.3. The molecule has 2 N–H and O–H groups in total. The number of aromatic amines is 1. The van der Waals surface area contributed by atoms with E-state index in [1.807, 2.05) is 24.3 Å². The van der Waals surface area contributed by atoms with Crippen LogP contribution >= 0.6 is 12.2 Å². The Morgan fingerprint density at radius 3 is 2.58 bits per heavy atom. The minimum absolute atomic E-state index is 0.119. The molecule has 0 aliphatic carbocycles. The van der Waals surface area contributed by atoms with Gasteiger partial charge in [0.05, 0.1) is 12.1 Å². The summed E-state index contributed by atoms with van der Waals surface area (Å²) in [5, 5.41) is 4.94. The van der Waals surface area contributed by atoms with Crippen molar-refractivity contribution in [2.24, 2.45) is 5.92 Å². The van der Waals surface area contributed by atoms with E-state index in [1.54, 1.807) is 0 Å². The Hall–Kier alpha value is -3.06. The minimum atomic E-state index is -0.119. The zero-order valence-electron chi connectivity index (χ0n) is 19.4. The number of aromatic nitrogens is 1. The molecule has 1 aliphatic rings. The molecule has 0 radical (unpaired) electrons. The van der Waals surface area contributed by atoms with Crippen LogP contribution in [-0.2, 0) is 13.0 Å². The van der Waals surface area contributed by atoms with Gasteiger partial charge in [0.2, 0.25) is 0 Å². The summed E-state index contributed by atoms with van der Waals surface area (Å²) >= 11 is 5.73. The molecule has 0 spiro atoms. The molecule has 33 heavy (non-hydrogen) atoms. The predicted octanol–water partition coefficient (Wildman–Crippen LogP) is 4.18. The Morgan fingerprint density at radius 1 is 1.12 bits per heavy atom. The number of ether oxygens (including phenoxy) is 2. The van der Waals surface area contributed by atoms with E-state index in [2.05, 4.69) is 54.2 Å². The van der Waals surface area contributed by atoms with Crippen molar-refractivity contribution in [2.75, 3.05) is 26.3 Å². The van der Waals surface area contributed by atoms with Gasteiger partial charge in [0.15, 0.2) is 16.6 Å². The van der Waals surface area contributed by atoms with Crippen LogP contribution in [0.3, 0.4) is 0 Å². The summed E-state index contributed by atoms with van der Waals surface area (Å²) in [7, 11) is 0. The van der Waals surface area contributed by atoms with Crippen LogP contribution < -0.4 is 20.3 Å². The third kappa shape index (κ3) is 5.66. The average Bonchev–Trinajstić information content (AvgIpc) is 2.80. The van der Waals surface area contributed by atoms with E-state index in [9.17, 15) is 4.79 Å². The third-order valence-corrected chi connectivity index (χ3v) is 6.21. The number of nitrogens with one attached hydrogen (secondary N) is 2. The first-order valence-corrected chi connectivity index (χ1v) is 11.8. The van der Waals surface area contributed by atoms with Crippen molar-refractivity contribution < 1.29 is 9.47 Å². The van der Waals surface area contributed by atoms with Gasteiger partial charge in [-0.3, -0.25) is 4.79 Å². The fourth-order valence-electron chi connectivity index (χ4n) is 3.91. The highest BCUT2D eigenvalue weighted by atomic mass is 32.1. The van der Waals surface area contributed by atoms with Gasteiger partial charge in [-0.15, -0.1) is 0 Å². The van der Waals surface area contributed by atoms with Crippen molar-refractivity contribution in [2.45, 2.75) is 33.7 Å². The van der Waals surface area contributed by atoms with Crippen LogP contribution in [0.5, 0.6) is 11.5 Å². The monoisotopic (exact) mass is 465 g/mol. The van der Waals surface area contributed by atoms with Gasteiger partial charge in [0.1, 0.15) is 13.2 Å². The van der Waals surface area contributed by atoms with Gasteiger partial charge in [-0.25, -0.2) is 0 Å². The van der Waals surface area contributed by atoms with Crippen LogP contribution in [0.2, 0.25) is 0 Å². The minimum Gasteiger partial charge on any atom is -0.486 e. The lowest BCUT2D eigenvalue weighted by atomic mass is 10.1. The molecule has 0 fully saturated rings. The van der Waals surface area contributed by atoms with Crippen LogP contribution in [0.15, 0.2) is 47.3 Å². The predicted molar refractivity (Wildman–Crippen MR) is 136 cm³/mol. The fourth-order valence-corrected chi connectivity index (χ4v) is 4.15. The fraction of sp³-hybridized carbons (Fsp3) is 0.385. The van der Waals surface area contributed by atoms with Crippen molar-refractivity contribution in [1.29, 1.82) is 0 Å². The molecule has 0 saturated carbocycles. The lowest BCUT2D eigenvalue weighted by Crippen LogP contribution is -2.42. The summed E-state index contributed by atoms with van der Waals surface area (Å²) in [4.78, 5) is 18.0. The number of nitrogens with zero attached hydrogens (tertiary/aromatic N) is 1. The third-order valence-electron chi connectivity index (χ3n) is 5.81. The van der Waals surface area contributed by atoms with E-state index in [0.717, 1.165) is 23.9 Å². The summed E-state index contributed by atoms with van der Waals surface area (Å²) < 4.78 is 11.4. The Morgan fingerprint density at radius 2 is 1.85 bits per heavy atom. The molecule has 0 saturated heterocycles. The first kappa shape index (κ1) is 23.1. The Balaban J connectivity index is 1.59. The number of rotatable bonds is 7. The molecule has 1 aromatic heterocycles. The number of H-pyrrole nitrogens is 1. The topological polar surface area (TPSA) is 66.6 Å². The molecule has 6 nitrogen and oxygen atoms in total. The van der Waals surface area contributed by atoms with E-state index in [4.69, 9.17) is 21.7 Å². The van der Waals surface area contributed by atoms with Gasteiger partial charge in [0.25, 0.3) is 5.56 Å². The first-order chi connectivity index (χ1) is 15.9. The molecule has 174 valence electrons. The summed E-state index contributed by atoms with van der Waals surface area (Å²) in [5.41, 5.74) is 3.82. The van der Waals surface area contributed by atoms with Crippen LogP contribution in [0.4, 0.5) is 0 Å². The molecule has 7 heteroatoms. The molecule has 4 rings (SSSR count). The van der Waals surface area contributed by atoms with Crippen molar-refractivity contribution in [3.63, 3.8) is 0 Å². The molecular weight excluding hydrogens is 434 g/mol.